The van der Waals surface area contributed by atoms with Crippen molar-refractivity contribution >= 4 is 40.4 Å². The minimum absolute atomic E-state index is 0.0671. The summed E-state index contributed by atoms with van der Waals surface area (Å²) in [5.74, 6) is -0.159. The summed E-state index contributed by atoms with van der Waals surface area (Å²) >= 11 is 12.6. The van der Waals surface area contributed by atoms with Crippen molar-refractivity contribution in [3.05, 3.63) is 98.0 Å². The van der Waals surface area contributed by atoms with Gasteiger partial charge in [-0.2, -0.15) is 0 Å². The molecule has 0 atom stereocenters. The van der Waals surface area contributed by atoms with E-state index in [0.717, 1.165) is 0 Å². The van der Waals surface area contributed by atoms with Crippen molar-refractivity contribution in [3.8, 4) is 17.2 Å². The van der Waals surface area contributed by atoms with Crippen LogP contribution in [0.2, 0.25) is 10.0 Å². The van der Waals surface area contributed by atoms with Gasteiger partial charge in [-0.3, -0.25) is 10.1 Å². The van der Waals surface area contributed by atoms with Gasteiger partial charge in [-0.05, 0) is 30.2 Å². The Labute approximate surface area is 193 Å². The lowest BCUT2D eigenvalue weighted by molar-refractivity contribution is -0.384. The smallest absolute Gasteiger partial charge is 0.335 e. The Kier molecular flexibility index (Phi) is 7.35. The van der Waals surface area contributed by atoms with E-state index in [2.05, 4.69) is 0 Å². The first-order valence-electron chi connectivity index (χ1n) is 9.32. The molecule has 0 spiro atoms. The zero-order valence-electron chi connectivity index (χ0n) is 16.7. The van der Waals surface area contributed by atoms with Gasteiger partial charge < -0.3 is 14.6 Å². The van der Waals surface area contributed by atoms with Gasteiger partial charge in [0.2, 0.25) is 0 Å². The summed E-state index contributed by atoms with van der Waals surface area (Å²) < 4.78 is 11.5. The van der Waals surface area contributed by atoms with Gasteiger partial charge in [0.15, 0.2) is 5.75 Å². The molecular formula is C23H17Cl2NO6. The number of benzene rings is 3. The molecule has 7 nitrogen and oxygen atoms in total. The van der Waals surface area contributed by atoms with Crippen LogP contribution in [0.5, 0.6) is 17.2 Å². The molecule has 0 radical (unpaired) electrons. The van der Waals surface area contributed by atoms with Crippen LogP contribution in [0.15, 0.2) is 66.7 Å². The lowest BCUT2D eigenvalue weighted by atomic mass is 10.00. The number of carbonyl (C=O) groups is 1. The fraction of sp³-hybridized carbons (Fsp3) is 0.0870. The van der Waals surface area contributed by atoms with Crippen LogP contribution in [0.3, 0.4) is 0 Å². The van der Waals surface area contributed by atoms with Crippen LogP contribution in [0.4, 0.5) is 5.69 Å². The number of rotatable bonds is 8. The normalized spacial score (nSPS) is 11.2. The van der Waals surface area contributed by atoms with E-state index in [1.165, 1.54) is 42.5 Å². The van der Waals surface area contributed by atoms with Crippen LogP contribution in [0.25, 0.3) is 5.57 Å². The van der Waals surface area contributed by atoms with Crippen molar-refractivity contribution < 1.29 is 24.3 Å². The Balaban J connectivity index is 1.78. The highest BCUT2D eigenvalue weighted by Gasteiger charge is 2.16. The summed E-state index contributed by atoms with van der Waals surface area (Å²) in [7, 11) is 0. The van der Waals surface area contributed by atoms with Gasteiger partial charge in [0.1, 0.15) is 18.1 Å². The van der Waals surface area contributed by atoms with Gasteiger partial charge in [-0.15, -0.1) is 0 Å². The number of allylic oxidation sites excluding steroid dienone is 1. The second-order valence-electron chi connectivity index (χ2n) is 6.52. The molecule has 0 aliphatic rings. The predicted molar refractivity (Wildman–Crippen MR) is 122 cm³/mol. The number of hydrogen-bond acceptors (Lipinski definition) is 5. The molecule has 3 rings (SSSR count). The number of nitro benzene ring substituents is 1. The van der Waals surface area contributed by atoms with E-state index in [0.29, 0.717) is 22.6 Å². The third-order valence-corrected chi connectivity index (χ3v) is 5.02. The zero-order valence-corrected chi connectivity index (χ0v) is 18.3. The topological polar surface area (TPSA) is 98.9 Å². The molecule has 0 aromatic heterocycles. The second kappa shape index (κ2) is 10.2. The van der Waals surface area contributed by atoms with Gasteiger partial charge >= 0.3 is 5.97 Å². The SMILES string of the molecule is C/C=C(/C(=O)O)c1ccccc1COc1cc(Cl)c(Oc2ccc([N+](=O)[O-])cc2)c(Cl)c1. The number of carboxylic acid groups (broad SMARTS) is 1. The standard InChI is InChI=1S/C23H17Cl2NO6/c1-2-18(23(27)28)19-6-4-3-5-14(19)13-31-17-11-20(24)22(21(25)12-17)32-16-9-7-15(8-10-16)26(29)30/h2-12H,13H2,1H3,(H,27,28)/b18-2+. The molecular weight excluding hydrogens is 457 g/mol. The molecule has 0 fully saturated rings. The Morgan fingerprint density at radius 2 is 1.69 bits per heavy atom. The molecule has 0 bridgehead atoms. The fourth-order valence-electron chi connectivity index (χ4n) is 2.94. The molecule has 164 valence electrons. The maximum atomic E-state index is 11.5. The number of ether oxygens (including phenoxy) is 2. The van der Waals surface area contributed by atoms with Crippen LogP contribution in [0, 0.1) is 10.1 Å². The van der Waals surface area contributed by atoms with E-state index in [1.54, 1.807) is 31.2 Å². The Morgan fingerprint density at radius 1 is 1.06 bits per heavy atom. The van der Waals surface area contributed by atoms with Crippen molar-refractivity contribution in [2.24, 2.45) is 0 Å². The maximum absolute atomic E-state index is 11.5. The molecule has 0 saturated carbocycles. The lowest BCUT2D eigenvalue weighted by Gasteiger charge is -2.14. The Hall–Kier alpha value is -3.55. The molecule has 0 aliphatic carbocycles. The molecule has 9 heteroatoms. The van der Waals surface area contributed by atoms with E-state index >= 15 is 0 Å². The van der Waals surface area contributed by atoms with Gasteiger partial charge in [0.25, 0.3) is 5.69 Å². The molecule has 32 heavy (non-hydrogen) atoms. The van der Waals surface area contributed by atoms with E-state index in [9.17, 15) is 20.0 Å². The number of hydrogen-bond donors (Lipinski definition) is 1. The average molecular weight is 474 g/mol. The Morgan fingerprint density at radius 3 is 2.25 bits per heavy atom. The largest absolute Gasteiger partial charge is 0.489 e. The minimum Gasteiger partial charge on any atom is -0.489 e. The first-order chi connectivity index (χ1) is 15.3. The van der Waals surface area contributed by atoms with Gasteiger partial charge in [-0.1, -0.05) is 53.5 Å². The van der Waals surface area contributed by atoms with E-state index < -0.39 is 10.9 Å². The number of halogens is 2. The van der Waals surface area contributed by atoms with E-state index in [-0.39, 0.29) is 33.7 Å². The summed E-state index contributed by atoms with van der Waals surface area (Å²) in [6.45, 7) is 1.75. The van der Waals surface area contributed by atoms with Crippen LogP contribution in [0.1, 0.15) is 18.1 Å². The van der Waals surface area contributed by atoms with Crippen molar-refractivity contribution in [2.45, 2.75) is 13.5 Å². The number of carboxylic acids is 1. The van der Waals surface area contributed by atoms with Crippen LogP contribution < -0.4 is 9.47 Å². The molecule has 0 unspecified atom stereocenters. The molecule has 3 aromatic carbocycles. The number of aliphatic carboxylic acids is 1. The van der Waals surface area contributed by atoms with Crippen molar-refractivity contribution in [2.75, 3.05) is 0 Å². The number of nitrogens with zero attached hydrogens (tertiary/aromatic N) is 1. The second-order valence-corrected chi connectivity index (χ2v) is 7.34. The van der Waals surface area contributed by atoms with Gasteiger partial charge in [-0.25, -0.2) is 4.79 Å². The van der Waals surface area contributed by atoms with Crippen molar-refractivity contribution in [3.63, 3.8) is 0 Å². The van der Waals surface area contributed by atoms with Crippen molar-refractivity contribution in [1.29, 1.82) is 0 Å². The Bertz CT molecular complexity index is 1170. The van der Waals surface area contributed by atoms with Crippen molar-refractivity contribution in [1.82, 2.24) is 0 Å². The number of nitro groups is 1. The van der Waals surface area contributed by atoms with Gasteiger partial charge in [0, 0.05) is 24.3 Å². The van der Waals surface area contributed by atoms with Gasteiger partial charge in [0.05, 0.1) is 20.5 Å². The fourth-order valence-corrected chi connectivity index (χ4v) is 3.48. The summed E-state index contributed by atoms with van der Waals surface area (Å²) in [6.07, 6.45) is 1.53. The summed E-state index contributed by atoms with van der Waals surface area (Å²) in [4.78, 5) is 21.8. The lowest BCUT2D eigenvalue weighted by Crippen LogP contribution is -2.05. The molecule has 0 saturated heterocycles. The van der Waals surface area contributed by atoms with Crippen LogP contribution >= 0.6 is 23.2 Å². The first-order valence-corrected chi connectivity index (χ1v) is 10.1. The molecule has 1 N–H and O–H groups in total. The van der Waals surface area contributed by atoms with E-state index in [4.69, 9.17) is 32.7 Å². The highest BCUT2D eigenvalue weighted by atomic mass is 35.5. The monoisotopic (exact) mass is 473 g/mol. The predicted octanol–water partition coefficient (Wildman–Crippen LogP) is 6.76. The van der Waals surface area contributed by atoms with Crippen LogP contribution in [-0.2, 0) is 11.4 Å². The first kappa shape index (κ1) is 23.1. The third-order valence-electron chi connectivity index (χ3n) is 4.46. The average Bonchev–Trinajstić information content (AvgIpc) is 2.76. The molecule has 0 heterocycles. The maximum Gasteiger partial charge on any atom is 0.335 e. The highest BCUT2D eigenvalue weighted by molar-refractivity contribution is 6.37. The minimum atomic E-state index is -1.03. The molecule has 0 aliphatic heterocycles. The summed E-state index contributed by atoms with van der Waals surface area (Å²) in [6, 6.07) is 15.6. The zero-order chi connectivity index (χ0) is 23.3. The van der Waals surface area contributed by atoms with E-state index in [1.807, 2.05) is 0 Å². The third kappa shape index (κ3) is 5.38. The van der Waals surface area contributed by atoms with Crippen LogP contribution in [-0.4, -0.2) is 16.0 Å². The molecule has 3 aromatic rings. The highest BCUT2D eigenvalue weighted by Crippen LogP contribution is 2.40. The molecule has 0 amide bonds. The quantitative estimate of drug-likeness (QED) is 0.220. The number of non-ortho nitro benzene ring substituents is 1. The summed E-state index contributed by atoms with van der Waals surface area (Å²) in [5.41, 5.74) is 1.34. The summed E-state index contributed by atoms with van der Waals surface area (Å²) in [5, 5.41) is 20.5.